The zero-order valence-electron chi connectivity index (χ0n) is 6.59. The van der Waals surface area contributed by atoms with Gasteiger partial charge in [-0.25, -0.2) is 4.79 Å². The maximum atomic E-state index is 10.9. The van der Waals surface area contributed by atoms with Crippen molar-refractivity contribution in [3.8, 4) is 0 Å². The van der Waals surface area contributed by atoms with Crippen LogP contribution in [0, 0.1) is 0 Å². The number of hydrogen-bond donors (Lipinski definition) is 1. The van der Waals surface area contributed by atoms with Gasteiger partial charge in [0.05, 0.1) is 12.5 Å². The number of amides is 1. The van der Waals surface area contributed by atoms with Crippen LogP contribution in [0.2, 0.25) is 0 Å². The molecule has 1 N–H and O–H groups in total. The fraction of sp³-hybridized carbons (Fsp3) is 0.714. The van der Waals surface area contributed by atoms with Crippen LogP contribution >= 0.6 is 0 Å². The molecule has 11 heavy (non-hydrogen) atoms. The van der Waals surface area contributed by atoms with Crippen molar-refractivity contribution in [2.75, 3.05) is 0 Å². The van der Waals surface area contributed by atoms with E-state index in [0.717, 1.165) is 0 Å². The summed E-state index contributed by atoms with van der Waals surface area (Å²) in [6, 6.07) is -0.398. The van der Waals surface area contributed by atoms with E-state index in [-0.39, 0.29) is 24.4 Å². The second kappa shape index (κ2) is 2.90. The molecule has 1 unspecified atom stereocenters. The minimum Gasteiger partial charge on any atom is -0.461 e. The number of esters is 1. The lowest BCUT2D eigenvalue weighted by Gasteiger charge is -2.25. The molecule has 1 fully saturated rings. The van der Waals surface area contributed by atoms with Gasteiger partial charge in [0.15, 0.2) is 0 Å². The van der Waals surface area contributed by atoms with Gasteiger partial charge in [0.2, 0.25) is 5.91 Å². The van der Waals surface area contributed by atoms with Crippen LogP contribution in [0.3, 0.4) is 0 Å². The highest BCUT2D eigenvalue weighted by molar-refractivity contribution is 5.94. The summed E-state index contributed by atoms with van der Waals surface area (Å²) in [6.45, 7) is 3.55. The molecule has 1 atom stereocenters. The van der Waals surface area contributed by atoms with Gasteiger partial charge in [-0.3, -0.25) is 4.79 Å². The number of ether oxygens (including phenoxy) is 1. The molecule has 62 valence electrons. The normalized spacial score (nSPS) is 22.5. The Hall–Kier alpha value is -1.06. The molecule has 0 aromatic carbocycles. The third-order valence-corrected chi connectivity index (χ3v) is 1.36. The van der Waals surface area contributed by atoms with Gasteiger partial charge >= 0.3 is 5.97 Å². The van der Waals surface area contributed by atoms with Gasteiger partial charge in [-0.1, -0.05) is 0 Å². The van der Waals surface area contributed by atoms with Crippen LogP contribution in [0.15, 0.2) is 0 Å². The van der Waals surface area contributed by atoms with Crippen molar-refractivity contribution in [2.45, 2.75) is 32.4 Å². The first-order chi connectivity index (χ1) is 5.09. The molecular formula is C7H11NO3. The van der Waals surface area contributed by atoms with E-state index in [2.05, 4.69) is 5.32 Å². The molecule has 0 radical (unpaired) electrons. The average Bonchev–Trinajstić information content (AvgIpc) is 1.79. The summed E-state index contributed by atoms with van der Waals surface area (Å²) in [5.74, 6) is -0.421. The first-order valence-corrected chi connectivity index (χ1v) is 3.59. The van der Waals surface area contributed by atoms with E-state index >= 15 is 0 Å². The highest BCUT2D eigenvalue weighted by Gasteiger charge is 2.33. The molecule has 0 aromatic heterocycles. The number of nitrogens with one attached hydrogen (secondary N) is 1. The van der Waals surface area contributed by atoms with Gasteiger partial charge in [-0.05, 0) is 13.8 Å². The molecule has 1 rings (SSSR count). The third-order valence-electron chi connectivity index (χ3n) is 1.36. The summed E-state index contributed by atoms with van der Waals surface area (Å²) < 4.78 is 4.85. The molecule has 0 saturated carbocycles. The molecule has 1 amide bonds. The smallest absolute Gasteiger partial charge is 0.329 e. The average molecular weight is 157 g/mol. The molecule has 4 nitrogen and oxygen atoms in total. The Morgan fingerprint density at radius 1 is 1.73 bits per heavy atom. The van der Waals surface area contributed by atoms with Crippen LogP contribution in [-0.2, 0) is 14.3 Å². The summed E-state index contributed by atoms with van der Waals surface area (Å²) >= 11 is 0. The third kappa shape index (κ3) is 1.93. The maximum Gasteiger partial charge on any atom is 0.329 e. The summed E-state index contributed by atoms with van der Waals surface area (Å²) in [7, 11) is 0. The molecule has 1 heterocycles. The Labute approximate surface area is 64.9 Å². The van der Waals surface area contributed by atoms with Crippen molar-refractivity contribution in [3.63, 3.8) is 0 Å². The first kappa shape index (κ1) is 8.04. The predicted molar refractivity (Wildman–Crippen MR) is 37.8 cm³/mol. The van der Waals surface area contributed by atoms with E-state index < -0.39 is 6.04 Å². The molecule has 0 spiro atoms. The molecule has 4 heteroatoms. The minimum absolute atomic E-state index is 0.0873. The Morgan fingerprint density at radius 3 is 2.64 bits per heavy atom. The van der Waals surface area contributed by atoms with Crippen LogP contribution in [0.1, 0.15) is 20.3 Å². The Bertz CT molecular complexity index is 180. The van der Waals surface area contributed by atoms with Crippen LogP contribution in [-0.4, -0.2) is 24.0 Å². The number of rotatable bonds is 2. The Balaban J connectivity index is 2.26. The highest BCUT2D eigenvalue weighted by Crippen LogP contribution is 2.06. The maximum absolute atomic E-state index is 10.9. The van der Waals surface area contributed by atoms with Crippen molar-refractivity contribution in [1.82, 2.24) is 5.32 Å². The van der Waals surface area contributed by atoms with Gasteiger partial charge in [-0.2, -0.15) is 0 Å². The lowest BCUT2D eigenvalue weighted by Crippen LogP contribution is -2.54. The standard InChI is InChI=1S/C7H11NO3/c1-4(2)11-7(10)5-3-6(9)8-5/h4-5H,3H2,1-2H3,(H,8,9). The lowest BCUT2D eigenvalue weighted by atomic mass is 10.1. The van der Waals surface area contributed by atoms with E-state index in [4.69, 9.17) is 4.74 Å². The van der Waals surface area contributed by atoms with Crippen LogP contribution in [0.25, 0.3) is 0 Å². The monoisotopic (exact) mass is 157 g/mol. The fourth-order valence-electron chi connectivity index (χ4n) is 0.815. The Morgan fingerprint density at radius 2 is 2.27 bits per heavy atom. The van der Waals surface area contributed by atoms with Crippen molar-refractivity contribution < 1.29 is 14.3 Å². The van der Waals surface area contributed by atoms with Crippen LogP contribution in [0.4, 0.5) is 0 Å². The minimum atomic E-state index is -0.398. The second-order valence-electron chi connectivity index (χ2n) is 2.81. The largest absolute Gasteiger partial charge is 0.461 e. The molecule has 0 aliphatic carbocycles. The van der Waals surface area contributed by atoms with E-state index in [1.54, 1.807) is 13.8 Å². The predicted octanol–water partition coefficient (Wildman–Crippen LogP) is -0.173. The lowest BCUT2D eigenvalue weighted by molar-refractivity contribution is -0.156. The molecule has 1 saturated heterocycles. The zero-order valence-corrected chi connectivity index (χ0v) is 6.59. The number of hydrogen-bond acceptors (Lipinski definition) is 3. The molecule has 1 aliphatic rings. The van der Waals surface area contributed by atoms with Gasteiger partial charge in [0, 0.05) is 0 Å². The molecule has 1 aliphatic heterocycles. The summed E-state index contributed by atoms with van der Waals surface area (Å²) in [5.41, 5.74) is 0. The van der Waals surface area contributed by atoms with Gasteiger partial charge in [-0.15, -0.1) is 0 Å². The number of β-lactam (4-membered cyclic amide) rings is 1. The van der Waals surface area contributed by atoms with E-state index in [1.165, 1.54) is 0 Å². The van der Waals surface area contributed by atoms with E-state index in [0.29, 0.717) is 0 Å². The van der Waals surface area contributed by atoms with Gasteiger partial charge in [0.1, 0.15) is 6.04 Å². The van der Waals surface area contributed by atoms with Gasteiger partial charge in [0.25, 0.3) is 0 Å². The van der Waals surface area contributed by atoms with E-state index in [1.807, 2.05) is 0 Å². The zero-order chi connectivity index (χ0) is 8.43. The number of carbonyl (C=O) groups is 2. The van der Waals surface area contributed by atoms with Crippen LogP contribution in [0.5, 0.6) is 0 Å². The summed E-state index contributed by atoms with van der Waals surface area (Å²) in [6.07, 6.45) is 0.158. The van der Waals surface area contributed by atoms with E-state index in [9.17, 15) is 9.59 Å². The van der Waals surface area contributed by atoms with Gasteiger partial charge < -0.3 is 10.1 Å². The SMILES string of the molecule is CC(C)OC(=O)C1CC(=O)N1. The molecule has 0 bridgehead atoms. The summed E-state index contributed by atoms with van der Waals surface area (Å²) in [5, 5.41) is 2.43. The molecular weight excluding hydrogens is 146 g/mol. The number of carbonyl (C=O) groups excluding carboxylic acids is 2. The van der Waals surface area contributed by atoms with Crippen LogP contribution < -0.4 is 5.32 Å². The quantitative estimate of drug-likeness (QED) is 0.447. The molecule has 0 aromatic rings. The topological polar surface area (TPSA) is 55.4 Å². The van der Waals surface area contributed by atoms with Crippen molar-refractivity contribution in [2.24, 2.45) is 0 Å². The highest BCUT2D eigenvalue weighted by atomic mass is 16.5. The Kier molecular flexibility index (Phi) is 2.12. The fourth-order valence-corrected chi connectivity index (χ4v) is 0.815. The summed E-state index contributed by atoms with van der Waals surface area (Å²) in [4.78, 5) is 21.3. The second-order valence-corrected chi connectivity index (χ2v) is 2.81. The van der Waals surface area contributed by atoms with Crippen molar-refractivity contribution in [1.29, 1.82) is 0 Å². The van der Waals surface area contributed by atoms with Crippen molar-refractivity contribution in [3.05, 3.63) is 0 Å². The first-order valence-electron chi connectivity index (χ1n) is 3.59. The van der Waals surface area contributed by atoms with Crippen molar-refractivity contribution >= 4 is 11.9 Å².